The number of rotatable bonds is 5. The third-order valence-corrected chi connectivity index (χ3v) is 10.3. The van der Waals surface area contributed by atoms with E-state index in [-0.39, 0.29) is 37.9 Å². The van der Waals surface area contributed by atoms with Crippen molar-refractivity contribution in [1.29, 1.82) is 0 Å². The highest BCUT2D eigenvalue weighted by molar-refractivity contribution is 7.92. The number of ether oxygens (including phenoxy) is 1. The topological polar surface area (TPSA) is 87.7 Å². The lowest BCUT2D eigenvalue weighted by Crippen LogP contribution is -2.36. The van der Waals surface area contributed by atoms with E-state index in [4.69, 9.17) is 17.0 Å². The van der Waals surface area contributed by atoms with Gasteiger partial charge in [0, 0.05) is 44.3 Å². The lowest BCUT2D eigenvalue weighted by Gasteiger charge is -2.29. The van der Waals surface area contributed by atoms with Crippen molar-refractivity contribution in [1.82, 2.24) is 14.9 Å². The molecule has 0 saturated carbocycles. The van der Waals surface area contributed by atoms with E-state index in [1.807, 2.05) is 25.1 Å². The summed E-state index contributed by atoms with van der Waals surface area (Å²) >= 11 is 6.32. The Morgan fingerprint density at radius 1 is 1.18 bits per heavy atom. The fourth-order valence-electron chi connectivity index (χ4n) is 4.48. The number of aryl methyl sites for hydroxylation is 1. The first-order valence-electron chi connectivity index (χ1n) is 12.3. The van der Waals surface area contributed by atoms with Gasteiger partial charge in [-0.1, -0.05) is 19.1 Å². The quantitative estimate of drug-likeness (QED) is 0.419. The van der Waals surface area contributed by atoms with Crippen LogP contribution in [0.3, 0.4) is 0 Å². The van der Waals surface area contributed by atoms with E-state index in [1.165, 1.54) is 6.07 Å². The molecule has 0 radical (unpaired) electrons. The summed E-state index contributed by atoms with van der Waals surface area (Å²) in [6.07, 6.45) is -3.35. The molecule has 3 aromatic rings. The van der Waals surface area contributed by atoms with E-state index in [2.05, 4.69) is 20.2 Å². The molecule has 0 spiro atoms. The summed E-state index contributed by atoms with van der Waals surface area (Å²) in [5.41, 5.74) is 1.21. The minimum Gasteiger partial charge on any atom is -0.378 e. The lowest BCUT2D eigenvalue weighted by molar-refractivity contribution is -0.137. The Kier molecular flexibility index (Phi) is 7.57. The monoisotopic (exact) mass is 597 g/mol. The Bertz CT molecular complexity index is 1520. The average Bonchev–Trinajstić information content (AvgIpc) is 3.35. The molecule has 0 bridgehead atoms. The number of halogens is 3. The summed E-state index contributed by atoms with van der Waals surface area (Å²) in [7, 11) is -2.07. The first-order chi connectivity index (χ1) is 18.5. The first kappa shape index (κ1) is 27.7. The standard InChI is InChI=1S/C25H26F3N5O3S3/c1-3-15-12-16(33-6-9-36-10-7-33)4-5-18(15)30-24-29-14-17(25(26,27)28)21(31-24)19-13-20-22(38-19)23(37)32(2)8-11-39(20,34)35/h4-5,12-14H,3,6-11H2,1-2H3,(H,29,30,31). The van der Waals surface area contributed by atoms with E-state index in [0.717, 1.165) is 41.9 Å². The third-order valence-electron chi connectivity index (χ3n) is 6.69. The van der Waals surface area contributed by atoms with Crippen LogP contribution < -0.4 is 10.2 Å². The molecule has 2 aliphatic heterocycles. The second kappa shape index (κ2) is 10.6. The van der Waals surface area contributed by atoms with E-state index >= 15 is 0 Å². The number of aromatic nitrogens is 2. The number of nitrogens with zero attached hydrogens (tertiary/aromatic N) is 4. The zero-order valence-corrected chi connectivity index (χ0v) is 23.7. The summed E-state index contributed by atoms with van der Waals surface area (Å²) in [5.74, 6) is -0.214. The number of fused-ring (bicyclic) bond motifs is 1. The number of nitrogens with one attached hydrogen (secondary N) is 1. The number of anilines is 3. The van der Waals surface area contributed by atoms with Gasteiger partial charge in [0.1, 0.15) is 10.6 Å². The molecule has 1 N–H and O–H groups in total. The van der Waals surface area contributed by atoms with Gasteiger partial charge in [-0.25, -0.2) is 18.4 Å². The Labute approximate surface area is 233 Å². The summed E-state index contributed by atoms with van der Waals surface area (Å²) in [5, 5.41) is 3.07. The zero-order valence-electron chi connectivity index (χ0n) is 21.2. The fraction of sp³-hybridized carbons (Fsp3) is 0.400. The molecule has 0 atom stereocenters. The predicted molar refractivity (Wildman–Crippen MR) is 149 cm³/mol. The van der Waals surface area contributed by atoms with Crippen molar-refractivity contribution in [2.45, 2.75) is 24.4 Å². The molecule has 8 nitrogen and oxygen atoms in total. The number of benzene rings is 1. The van der Waals surface area contributed by atoms with Crippen molar-refractivity contribution in [2.75, 3.05) is 55.9 Å². The number of hydrogen-bond donors (Lipinski definition) is 1. The minimum absolute atomic E-state index is 0.0297. The number of sulfone groups is 1. The molecule has 5 rings (SSSR count). The smallest absolute Gasteiger partial charge is 0.378 e. The molecule has 0 amide bonds. The lowest BCUT2D eigenvalue weighted by atomic mass is 10.1. The maximum Gasteiger partial charge on any atom is 0.420 e. The maximum atomic E-state index is 14.0. The second-order valence-corrected chi connectivity index (χ2v) is 12.7. The van der Waals surface area contributed by atoms with Gasteiger partial charge in [-0.05, 0) is 36.2 Å². The number of alkyl halides is 3. The Hall–Kier alpha value is -2.81. The molecule has 4 heterocycles. The van der Waals surface area contributed by atoms with E-state index in [1.54, 1.807) is 11.9 Å². The van der Waals surface area contributed by atoms with Crippen LogP contribution in [-0.4, -0.2) is 73.9 Å². The number of thiophene rings is 1. The van der Waals surface area contributed by atoms with Gasteiger partial charge >= 0.3 is 6.18 Å². The van der Waals surface area contributed by atoms with Crippen LogP contribution in [0.1, 0.15) is 22.9 Å². The Morgan fingerprint density at radius 2 is 1.92 bits per heavy atom. The summed E-state index contributed by atoms with van der Waals surface area (Å²) in [6, 6.07) is 7.09. The fourth-order valence-corrected chi connectivity index (χ4v) is 7.92. The molecule has 1 aromatic carbocycles. The van der Waals surface area contributed by atoms with Crippen LogP contribution in [0.15, 0.2) is 35.4 Å². The van der Waals surface area contributed by atoms with Crippen LogP contribution in [0.25, 0.3) is 10.6 Å². The molecule has 1 saturated heterocycles. The molecule has 0 aliphatic carbocycles. The largest absolute Gasteiger partial charge is 0.420 e. The zero-order chi connectivity index (χ0) is 27.9. The molecule has 0 unspecified atom stereocenters. The van der Waals surface area contributed by atoms with Crippen LogP contribution in [0, 0.1) is 0 Å². The molecule has 2 aliphatic rings. The van der Waals surface area contributed by atoms with Gasteiger partial charge in [0.05, 0.1) is 39.3 Å². The summed E-state index contributed by atoms with van der Waals surface area (Å²) in [6.45, 7) is 5.05. The highest BCUT2D eigenvalue weighted by Gasteiger charge is 2.38. The van der Waals surface area contributed by atoms with Crippen molar-refractivity contribution in [3.8, 4) is 10.6 Å². The molecular weight excluding hydrogens is 572 g/mol. The number of thiocarbonyl (C=S) groups is 1. The van der Waals surface area contributed by atoms with Crippen LogP contribution >= 0.6 is 23.6 Å². The second-order valence-electron chi connectivity index (χ2n) is 9.22. The van der Waals surface area contributed by atoms with Gasteiger partial charge in [-0.15, -0.1) is 11.3 Å². The predicted octanol–water partition coefficient (Wildman–Crippen LogP) is 4.76. The van der Waals surface area contributed by atoms with Gasteiger partial charge in [0.2, 0.25) is 5.95 Å². The normalized spacial score (nSPS) is 17.6. The third kappa shape index (κ3) is 5.60. The number of hydrogen-bond acceptors (Lipinski definition) is 9. The van der Waals surface area contributed by atoms with Gasteiger partial charge < -0.3 is 19.9 Å². The molecule has 2 aromatic heterocycles. The van der Waals surface area contributed by atoms with Crippen LogP contribution in [-0.2, 0) is 27.2 Å². The first-order valence-corrected chi connectivity index (χ1v) is 15.1. The van der Waals surface area contributed by atoms with Crippen molar-refractivity contribution in [2.24, 2.45) is 0 Å². The average molecular weight is 598 g/mol. The van der Waals surface area contributed by atoms with E-state index in [0.29, 0.717) is 25.3 Å². The van der Waals surface area contributed by atoms with Gasteiger partial charge in [-0.2, -0.15) is 13.2 Å². The van der Waals surface area contributed by atoms with Gasteiger partial charge in [0.25, 0.3) is 0 Å². The summed E-state index contributed by atoms with van der Waals surface area (Å²) < 4.78 is 73.2. The van der Waals surface area contributed by atoms with E-state index in [9.17, 15) is 21.6 Å². The molecule has 14 heteroatoms. The van der Waals surface area contributed by atoms with Crippen molar-refractivity contribution in [3.05, 3.63) is 46.5 Å². The highest BCUT2D eigenvalue weighted by atomic mass is 32.2. The Balaban J connectivity index is 1.54. The number of morpholine rings is 1. The van der Waals surface area contributed by atoms with Crippen LogP contribution in [0.5, 0.6) is 0 Å². The van der Waals surface area contributed by atoms with Gasteiger partial charge in [0.15, 0.2) is 9.84 Å². The molecular formula is C25H26F3N5O3S3. The SMILES string of the molecule is CCc1cc(N2CCOCC2)ccc1Nc1ncc(C(F)(F)F)c(-c2cc3c(s2)C(=S)N(C)CCS3(=O)=O)n1. The van der Waals surface area contributed by atoms with Crippen LogP contribution in [0.2, 0.25) is 0 Å². The van der Waals surface area contributed by atoms with E-state index < -0.39 is 27.3 Å². The molecule has 39 heavy (non-hydrogen) atoms. The van der Waals surface area contributed by atoms with Crippen molar-refractivity contribution < 1.29 is 26.3 Å². The molecule has 208 valence electrons. The highest BCUT2D eigenvalue weighted by Crippen LogP contribution is 2.42. The van der Waals surface area contributed by atoms with Gasteiger partial charge in [-0.3, -0.25) is 0 Å². The summed E-state index contributed by atoms with van der Waals surface area (Å²) in [4.78, 5) is 12.5. The van der Waals surface area contributed by atoms with Crippen molar-refractivity contribution >= 4 is 55.7 Å². The Morgan fingerprint density at radius 3 is 2.62 bits per heavy atom. The molecule has 1 fully saturated rings. The van der Waals surface area contributed by atoms with Crippen molar-refractivity contribution in [3.63, 3.8) is 0 Å². The van der Waals surface area contributed by atoms with Crippen LogP contribution in [0.4, 0.5) is 30.5 Å². The maximum absolute atomic E-state index is 14.0. The minimum atomic E-state index is -4.75.